The number of aromatic nitrogens is 2. The Morgan fingerprint density at radius 3 is 3.05 bits per heavy atom. The summed E-state index contributed by atoms with van der Waals surface area (Å²) in [6, 6.07) is 3.03. The number of nitrogen functional groups attached to an aromatic ring is 1. The Balaban J connectivity index is 2.10. The molecule has 1 heterocycles. The molecule has 21 heavy (non-hydrogen) atoms. The second-order valence-corrected chi connectivity index (χ2v) is 5.63. The lowest BCUT2D eigenvalue weighted by Crippen LogP contribution is -2.27. The first-order valence-corrected chi connectivity index (χ1v) is 7.47. The summed E-state index contributed by atoms with van der Waals surface area (Å²) in [4.78, 5) is 15.9. The van der Waals surface area contributed by atoms with Gasteiger partial charge in [-0.2, -0.15) is 0 Å². The third kappa shape index (κ3) is 3.82. The quantitative estimate of drug-likeness (QED) is 0.563. The number of nitrogens with two attached hydrogens (primary N) is 1. The molecule has 0 spiro atoms. The molecule has 0 fully saturated rings. The third-order valence-electron chi connectivity index (χ3n) is 3.01. The molecule has 114 valence electrons. The van der Waals surface area contributed by atoms with Gasteiger partial charge in [0.1, 0.15) is 5.82 Å². The van der Waals surface area contributed by atoms with Crippen molar-refractivity contribution in [2.75, 3.05) is 26.0 Å². The van der Waals surface area contributed by atoms with Crippen molar-refractivity contribution in [2.24, 2.45) is 0 Å². The van der Waals surface area contributed by atoms with Crippen molar-refractivity contribution in [3.8, 4) is 0 Å². The average molecular weight is 406 g/mol. The zero-order chi connectivity index (χ0) is 15.4. The summed E-state index contributed by atoms with van der Waals surface area (Å²) in [5.41, 5.74) is 7.05. The van der Waals surface area contributed by atoms with Crippen molar-refractivity contribution in [3.63, 3.8) is 0 Å². The number of hydrogen-bond acceptors (Lipinski definition) is 4. The van der Waals surface area contributed by atoms with Crippen LogP contribution in [0.25, 0.3) is 11.0 Å². The van der Waals surface area contributed by atoms with Gasteiger partial charge in [0.15, 0.2) is 0 Å². The Bertz CT molecular complexity index is 659. The standard InChI is InChI=1S/C13H16FIN4O2/c1-21-5-3-17-12(20)2-4-19-11-6-8(14)9(15)7-10(11)18-13(19)16/h6-7H,2-5H2,1H3,(H2,16,18)(H,17,20). The summed E-state index contributed by atoms with van der Waals surface area (Å²) in [7, 11) is 1.57. The number of nitrogens with one attached hydrogen (secondary N) is 1. The maximum Gasteiger partial charge on any atom is 0.221 e. The molecule has 1 amide bonds. The van der Waals surface area contributed by atoms with Crippen molar-refractivity contribution in [1.29, 1.82) is 0 Å². The van der Waals surface area contributed by atoms with Gasteiger partial charge < -0.3 is 20.4 Å². The number of nitrogens with zero attached hydrogens (tertiary/aromatic N) is 2. The lowest BCUT2D eigenvalue weighted by atomic mass is 10.3. The highest BCUT2D eigenvalue weighted by Crippen LogP contribution is 2.23. The minimum atomic E-state index is -0.325. The first-order chi connectivity index (χ1) is 10.0. The number of fused-ring (bicyclic) bond motifs is 1. The van der Waals surface area contributed by atoms with E-state index in [1.54, 1.807) is 17.7 Å². The first kappa shape index (κ1) is 16.0. The highest BCUT2D eigenvalue weighted by molar-refractivity contribution is 14.1. The van der Waals surface area contributed by atoms with Gasteiger partial charge in [-0.15, -0.1) is 0 Å². The van der Waals surface area contributed by atoms with Crippen molar-refractivity contribution in [1.82, 2.24) is 14.9 Å². The van der Waals surface area contributed by atoms with Gasteiger partial charge in [0.05, 0.1) is 21.2 Å². The Hall–Kier alpha value is -1.42. The fraction of sp³-hybridized carbons (Fsp3) is 0.385. The molecule has 8 heteroatoms. The summed E-state index contributed by atoms with van der Waals surface area (Å²) in [5, 5.41) is 2.72. The minimum Gasteiger partial charge on any atom is -0.383 e. The monoisotopic (exact) mass is 406 g/mol. The summed E-state index contributed by atoms with van der Waals surface area (Å²) in [6.07, 6.45) is 0.243. The van der Waals surface area contributed by atoms with Gasteiger partial charge >= 0.3 is 0 Å². The lowest BCUT2D eigenvalue weighted by Gasteiger charge is -2.07. The fourth-order valence-corrected chi connectivity index (χ4v) is 2.42. The van der Waals surface area contributed by atoms with Crippen LogP contribution in [0.15, 0.2) is 12.1 Å². The number of anilines is 1. The molecule has 0 aliphatic carbocycles. The highest BCUT2D eigenvalue weighted by Gasteiger charge is 2.12. The Morgan fingerprint density at radius 1 is 1.57 bits per heavy atom. The van der Waals surface area contributed by atoms with Gasteiger partial charge in [0.2, 0.25) is 11.9 Å². The second-order valence-electron chi connectivity index (χ2n) is 4.47. The number of carbonyl (C=O) groups excluding carboxylic acids is 1. The van der Waals surface area contributed by atoms with E-state index in [0.717, 1.165) is 0 Å². The number of aryl methyl sites for hydroxylation is 1. The number of ether oxygens (including phenoxy) is 1. The van der Waals surface area contributed by atoms with Gasteiger partial charge in [-0.25, -0.2) is 9.37 Å². The van der Waals surface area contributed by atoms with E-state index in [2.05, 4.69) is 10.3 Å². The van der Waals surface area contributed by atoms with Gasteiger partial charge in [-0.3, -0.25) is 4.79 Å². The van der Waals surface area contributed by atoms with Crippen LogP contribution >= 0.6 is 22.6 Å². The van der Waals surface area contributed by atoms with E-state index >= 15 is 0 Å². The maximum atomic E-state index is 13.7. The first-order valence-electron chi connectivity index (χ1n) is 6.39. The van der Waals surface area contributed by atoms with E-state index in [1.165, 1.54) is 6.07 Å². The second kappa shape index (κ2) is 7.03. The van der Waals surface area contributed by atoms with Crippen LogP contribution in [0.5, 0.6) is 0 Å². The molecular weight excluding hydrogens is 390 g/mol. The van der Waals surface area contributed by atoms with Gasteiger partial charge in [-0.1, -0.05) is 0 Å². The number of carbonyl (C=O) groups is 1. The smallest absolute Gasteiger partial charge is 0.221 e. The van der Waals surface area contributed by atoms with Crippen LogP contribution < -0.4 is 11.1 Å². The number of rotatable bonds is 6. The Labute approximate surface area is 135 Å². The number of benzene rings is 1. The molecule has 0 unspecified atom stereocenters. The Kier molecular flexibility index (Phi) is 5.34. The van der Waals surface area contributed by atoms with Crippen molar-refractivity contribution in [3.05, 3.63) is 21.5 Å². The van der Waals surface area contributed by atoms with Crippen LogP contribution in [-0.2, 0) is 16.1 Å². The van der Waals surface area contributed by atoms with E-state index in [1.807, 2.05) is 22.6 Å². The molecule has 0 saturated heterocycles. The van der Waals surface area contributed by atoms with Gasteiger partial charge in [0.25, 0.3) is 0 Å². The third-order valence-corrected chi connectivity index (χ3v) is 3.84. The number of amides is 1. The SMILES string of the molecule is COCCNC(=O)CCn1c(N)nc2cc(I)c(F)cc21. The zero-order valence-corrected chi connectivity index (χ0v) is 13.7. The van der Waals surface area contributed by atoms with Gasteiger partial charge in [0, 0.05) is 32.7 Å². The van der Waals surface area contributed by atoms with Crippen LogP contribution in [0.4, 0.5) is 10.3 Å². The number of halogens is 2. The maximum absolute atomic E-state index is 13.7. The summed E-state index contributed by atoms with van der Waals surface area (Å²) in [6.45, 7) is 1.27. The molecule has 2 rings (SSSR count). The zero-order valence-electron chi connectivity index (χ0n) is 11.5. The van der Waals surface area contributed by atoms with Crippen LogP contribution in [0.1, 0.15) is 6.42 Å². The van der Waals surface area contributed by atoms with Gasteiger partial charge in [-0.05, 0) is 28.7 Å². The van der Waals surface area contributed by atoms with Crippen molar-refractivity contribution >= 4 is 45.5 Å². The largest absolute Gasteiger partial charge is 0.383 e. The van der Waals surface area contributed by atoms with Crippen LogP contribution in [0.3, 0.4) is 0 Å². The predicted octanol–water partition coefficient (Wildman–Crippen LogP) is 1.51. The molecule has 3 N–H and O–H groups in total. The molecule has 6 nitrogen and oxygen atoms in total. The average Bonchev–Trinajstić information content (AvgIpc) is 2.72. The number of imidazole rings is 1. The van der Waals surface area contributed by atoms with Crippen molar-refractivity contribution in [2.45, 2.75) is 13.0 Å². The minimum absolute atomic E-state index is 0.112. The molecule has 0 aliphatic rings. The molecule has 0 aliphatic heterocycles. The highest BCUT2D eigenvalue weighted by atomic mass is 127. The van der Waals surface area contributed by atoms with Crippen LogP contribution in [-0.4, -0.2) is 35.7 Å². The summed E-state index contributed by atoms with van der Waals surface area (Å²) < 4.78 is 20.6. The van der Waals surface area contributed by atoms with Crippen LogP contribution in [0, 0.1) is 9.39 Å². The van der Waals surface area contributed by atoms with E-state index in [0.29, 0.717) is 34.3 Å². The topological polar surface area (TPSA) is 82.2 Å². The molecule has 0 radical (unpaired) electrons. The predicted molar refractivity (Wildman–Crippen MR) is 86.3 cm³/mol. The summed E-state index contributed by atoms with van der Waals surface area (Å²) >= 11 is 1.90. The van der Waals surface area contributed by atoms with E-state index in [4.69, 9.17) is 10.5 Å². The number of methoxy groups -OCH3 is 1. The normalized spacial score (nSPS) is 11.0. The fourth-order valence-electron chi connectivity index (χ4n) is 1.97. The summed E-state index contributed by atoms with van der Waals surface area (Å²) in [5.74, 6) is -0.163. The molecule has 1 aromatic heterocycles. The van der Waals surface area contributed by atoms with Crippen LogP contribution in [0.2, 0.25) is 0 Å². The Morgan fingerprint density at radius 2 is 2.33 bits per heavy atom. The molecule has 1 aromatic carbocycles. The molecular formula is C13H16FIN4O2. The van der Waals surface area contributed by atoms with Crippen molar-refractivity contribution < 1.29 is 13.9 Å². The van der Waals surface area contributed by atoms with E-state index < -0.39 is 0 Å². The molecule has 0 bridgehead atoms. The number of hydrogen-bond donors (Lipinski definition) is 2. The van der Waals surface area contributed by atoms with E-state index in [9.17, 15) is 9.18 Å². The molecule has 2 aromatic rings. The molecule has 0 atom stereocenters. The van der Waals surface area contributed by atoms with E-state index in [-0.39, 0.29) is 24.1 Å². The lowest BCUT2D eigenvalue weighted by molar-refractivity contribution is -0.121. The molecule has 0 saturated carbocycles.